The van der Waals surface area contributed by atoms with Crippen molar-refractivity contribution < 1.29 is 22.7 Å². The molecule has 0 bridgehead atoms. The van der Waals surface area contributed by atoms with Gasteiger partial charge in [0.25, 0.3) is 10.0 Å². The molecule has 0 N–H and O–H groups in total. The lowest BCUT2D eigenvalue weighted by atomic mass is 9.99. The minimum Gasteiger partial charge on any atom is -0.545 e. The Morgan fingerprint density at radius 3 is 2.67 bits per heavy atom. The minimum atomic E-state index is -4.02. The lowest BCUT2D eigenvalue weighted by Gasteiger charge is -2.36. The monoisotopic (exact) mass is 348 g/mol. The van der Waals surface area contributed by atoms with Crippen molar-refractivity contribution in [2.24, 2.45) is 0 Å². The fraction of sp³-hybridized carbons (Fsp3) is 0.235. The number of para-hydroxylation sites is 1. The van der Waals surface area contributed by atoms with Gasteiger partial charge in [0.2, 0.25) is 0 Å². The van der Waals surface area contributed by atoms with E-state index in [1.54, 1.807) is 19.1 Å². The number of fused-ring (bicyclic) bond motifs is 1. The lowest BCUT2D eigenvalue weighted by Crippen LogP contribution is -2.42. The topological polar surface area (TPSA) is 77.5 Å². The molecule has 0 aliphatic carbocycles. The van der Waals surface area contributed by atoms with Crippen molar-refractivity contribution in [3.05, 3.63) is 59.4 Å². The molecule has 5 nitrogen and oxygen atoms in total. The van der Waals surface area contributed by atoms with E-state index < -0.39 is 27.4 Å². The van der Waals surface area contributed by atoms with E-state index in [1.165, 1.54) is 4.31 Å². The standard InChI is InChI=1S/C17H16FNO4S/c1-11-6-7-12-4-2-3-5-16(12)19(11)24(22,23)13-8-9-15(18)14(10-13)17(20)21/h2-5,8-11H,6-7H2,1H3,(H,20,21)/p-1/t11-/m0/s1. The number of benzene rings is 2. The fourth-order valence-electron chi connectivity index (χ4n) is 2.96. The number of aryl methyl sites for hydroxylation is 1. The zero-order chi connectivity index (χ0) is 17.5. The summed E-state index contributed by atoms with van der Waals surface area (Å²) < 4.78 is 40.9. The van der Waals surface area contributed by atoms with E-state index in [4.69, 9.17) is 0 Å². The number of anilines is 1. The first-order valence-electron chi connectivity index (χ1n) is 7.45. The second kappa shape index (κ2) is 5.90. The number of carboxylic acids is 1. The van der Waals surface area contributed by atoms with Gasteiger partial charge >= 0.3 is 0 Å². The van der Waals surface area contributed by atoms with E-state index in [9.17, 15) is 22.7 Å². The molecule has 1 atom stereocenters. The summed E-state index contributed by atoms with van der Waals surface area (Å²) in [5.41, 5.74) is 0.700. The quantitative estimate of drug-likeness (QED) is 0.846. The lowest BCUT2D eigenvalue weighted by molar-refractivity contribution is -0.255. The van der Waals surface area contributed by atoms with Crippen LogP contribution < -0.4 is 9.41 Å². The van der Waals surface area contributed by atoms with Gasteiger partial charge in [0.05, 0.1) is 16.6 Å². The molecule has 3 rings (SSSR count). The summed E-state index contributed by atoms with van der Waals surface area (Å²) >= 11 is 0. The third-order valence-corrected chi connectivity index (χ3v) is 6.10. The molecular weight excluding hydrogens is 333 g/mol. The SMILES string of the molecule is C[C@H]1CCc2ccccc2N1S(=O)(=O)c1ccc(F)c(C(=O)[O-])c1. The van der Waals surface area contributed by atoms with Gasteiger partial charge in [0.15, 0.2) is 0 Å². The van der Waals surface area contributed by atoms with E-state index in [0.717, 1.165) is 30.2 Å². The third kappa shape index (κ3) is 2.65. The second-order valence-electron chi connectivity index (χ2n) is 5.75. The first-order valence-corrected chi connectivity index (χ1v) is 8.89. The van der Waals surface area contributed by atoms with Crippen molar-refractivity contribution in [3.8, 4) is 0 Å². The Morgan fingerprint density at radius 2 is 1.96 bits per heavy atom. The first-order chi connectivity index (χ1) is 11.3. The number of aromatic carboxylic acids is 1. The normalized spacial score (nSPS) is 17.4. The molecule has 0 saturated heterocycles. The van der Waals surface area contributed by atoms with Gasteiger partial charge in [0, 0.05) is 11.6 Å². The Balaban J connectivity index is 2.15. The van der Waals surface area contributed by atoms with Crippen LogP contribution in [-0.2, 0) is 16.4 Å². The van der Waals surface area contributed by atoms with Crippen LogP contribution in [0, 0.1) is 5.82 Å². The molecule has 0 fully saturated rings. The van der Waals surface area contributed by atoms with Gasteiger partial charge < -0.3 is 9.90 Å². The number of hydrogen-bond acceptors (Lipinski definition) is 4. The number of rotatable bonds is 3. The summed E-state index contributed by atoms with van der Waals surface area (Å²) in [5, 5.41) is 11.0. The van der Waals surface area contributed by atoms with Gasteiger partial charge in [0.1, 0.15) is 5.82 Å². The minimum absolute atomic E-state index is 0.272. The number of hydrogen-bond donors (Lipinski definition) is 0. The highest BCUT2D eigenvalue weighted by atomic mass is 32.2. The molecule has 1 aliphatic rings. The summed E-state index contributed by atoms with van der Waals surface area (Å²) in [4.78, 5) is 10.7. The molecule has 2 aromatic carbocycles. The van der Waals surface area contributed by atoms with E-state index in [2.05, 4.69) is 0 Å². The number of halogens is 1. The molecule has 0 saturated carbocycles. The van der Waals surface area contributed by atoms with Crippen LogP contribution in [-0.4, -0.2) is 20.4 Å². The smallest absolute Gasteiger partial charge is 0.264 e. The second-order valence-corrected chi connectivity index (χ2v) is 7.56. The summed E-state index contributed by atoms with van der Waals surface area (Å²) in [5.74, 6) is -2.78. The highest BCUT2D eigenvalue weighted by Crippen LogP contribution is 2.35. The molecule has 1 heterocycles. The molecule has 2 aromatic rings. The summed E-state index contributed by atoms with van der Waals surface area (Å²) in [6.07, 6.45) is 1.40. The molecule has 0 amide bonds. The van der Waals surface area contributed by atoms with Crippen molar-refractivity contribution in [3.63, 3.8) is 0 Å². The highest BCUT2D eigenvalue weighted by molar-refractivity contribution is 7.92. The van der Waals surface area contributed by atoms with Gasteiger partial charge in [-0.05, 0) is 49.6 Å². The summed E-state index contributed by atoms with van der Waals surface area (Å²) in [7, 11) is -4.02. The molecule has 1 aliphatic heterocycles. The van der Waals surface area contributed by atoms with Crippen LogP contribution in [0.2, 0.25) is 0 Å². The number of carbonyl (C=O) groups is 1. The van der Waals surface area contributed by atoms with Crippen LogP contribution in [0.15, 0.2) is 47.4 Å². The number of carboxylic acid groups (broad SMARTS) is 1. The maximum absolute atomic E-state index is 13.5. The molecule has 24 heavy (non-hydrogen) atoms. The molecule has 7 heteroatoms. The molecule has 126 valence electrons. The van der Waals surface area contributed by atoms with Gasteiger partial charge in [-0.1, -0.05) is 18.2 Å². The van der Waals surface area contributed by atoms with Crippen molar-refractivity contribution in [2.75, 3.05) is 4.31 Å². The summed E-state index contributed by atoms with van der Waals surface area (Å²) in [6.45, 7) is 1.79. The predicted octanol–water partition coefficient (Wildman–Crippen LogP) is 1.72. The van der Waals surface area contributed by atoms with Gasteiger partial charge in [-0.2, -0.15) is 0 Å². The van der Waals surface area contributed by atoms with Crippen molar-refractivity contribution in [1.29, 1.82) is 0 Å². The van der Waals surface area contributed by atoms with Gasteiger partial charge in [-0.25, -0.2) is 12.8 Å². The Kier molecular flexibility index (Phi) is 4.04. The summed E-state index contributed by atoms with van der Waals surface area (Å²) in [6, 6.07) is 9.58. The fourth-order valence-corrected chi connectivity index (χ4v) is 4.71. The maximum Gasteiger partial charge on any atom is 0.264 e. The Labute approximate surface area is 139 Å². The predicted molar refractivity (Wildman–Crippen MR) is 84.6 cm³/mol. The maximum atomic E-state index is 13.5. The zero-order valence-corrected chi connectivity index (χ0v) is 13.7. The van der Waals surface area contributed by atoms with Crippen LogP contribution in [0.25, 0.3) is 0 Å². The van der Waals surface area contributed by atoms with Crippen LogP contribution in [0.3, 0.4) is 0 Å². The van der Waals surface area contributed by atoms with Crippen LogP contribution in [0.4, 0.5) is 10.1 Å². The third-order valence-electron chi connectivity index (χ3n) is 4.18. The van der Waals surface area contributed by atoms with Gasteiger partial charge in [-0.3, -0.25) is 4.31 Å². The van der Waals surface area contributed by atoms with Crippen molar-refractivity contribution >= 4 is 21.7 Å². The van der Waals surface area contributed by atoms with Crippen LogP contribution in [0.1, 0.15) is 29.3 Å². The Morgan fingerprint density at radius 1 is 1.25 bits per heavy atom. The van der Waals surface area contributed by atoms with E-state index in [-0.39, 0.29) is 10.9 Å². The first kappa shape index (κ1) is 16.4. The average molecular weight is 348 g/mol. The van der Waals surface area contributed by atoms with Crippen LogP contribution >= 0.6 is 0 Å². The van der Waals surface area contributed by atoms with Crippen LogP contribution in [0.5, 0.6) is 0 Å². The molecule has 0 spiro atoms. The number of nitrogens with zero attached hydrogens (tertiary/aromatic N) is 1. The molecule has 0 aromatic heterocycles. The molecular formula is C17H15FNO4S-. The highest BCUT2D eigenvalue weighted by Gasteiger charge is 2.34. The number of carbonyl (C=O) groups excluding carboxylic acids is 1. The average Bonchev–Trinajstić information content (AvgIpc) is 2.54. The Bertz CT molecular complexity index is 911. The van der Waals surface area contributed by atoms with E-state index in [0.29, 0.717) is 12.1 Å². The van der Waals surface area contributed by atoms with Crippen molar-refractivity contribution in [2.45, 2.75) is 30.7 Å². The number of sulfonamides is 1. The van der Waals surface area contributed by atoms with Gasteiger partial charge in [-0.15, -0.1) is 0 Å². The molecule has 0 radical (unpaired) electrons. The molecule has 0 unspecified atom stereocenters. The zero-order valence-electron chi connectivity index (χ0n) is 12.9. The van der Waals surface area contributed by atoms with E-state index >= 15 is 0 Å². The van der Waals surface area contributed by atoms with E-state index in [1.807, 2.05) is 12.1 Å². The largest absolute Gasteiger partial charge is 0.545 e. The Hall–Kier alpha value is -2.41. The van der Waals surface area contributed by atoms with Crippen molar-refractivity contribution in [1.82, 2.24) is 0 Å².